The third kappa shape index (κ3) is 5.09. The van der Waals surface area contributed by atoms with Crippen molar-refractivity contribution in [2.24, 2.45) is 4.99 Å². The van der Waals surface area contributed by atoms with Crippen molar-refractivity contribution < 1.29 is 9.47 Å². The summed E-state index contributed by atoms with van der Waals surface area (Å²) >= 11 is 0. The molecule has 1 atom stereocenters. The average molecular weight is 346 g/mol. The fourth-order valence-electron chi connectivity index (χ4n) is 3.54. The van der Waals surface area contributed by atoms with Gasteiger partial charge in [0.05, 0.1) is 19.8 Å². The van der Waals surface area contributed by atoms with E-state index in [1.54, 1.807) is 0 Å². The van der Waals surface area contributed by atoms with Gasteiger partial charge in [0, 0.05) is 39.3 Å². The summed E-state index contributed by atoms with van der Waals surface area (Å²) in [6, 6.07) is 8.77. The standard InChI is InChI=1S/C19H30N4O2/c1-16-4-3-5-18(14-16)25-11-7-21-19(20-2)23-8-6-17(15-23)22-9-12-24-13-10-22/h3-5,14,17H,6-13,15H2,1-2H3,(H,20,21). The van der Waals surface area contributed by atoms with Gasteiger partial charge in [-0.05, 0) is 31.0 Å². The Labute approximate surface area is 150 Å². The van der Waals surface area contributed by atoms with E-state index in [9.17, 15) is 0 Å². The zero-order valence-corrected chi connectivity index (χ0v) is 15.4. The molecular weight excluding hydrogens is 316 g/mol. The summed E-state index contributed by atoms with van der Waals surface area (Å²) in [5.74, 6) is 1.90. The number of benzene rings is 1. The van der Waals surface area contributed by atoms with Gasteiger partial charge in [-0.1, -0.05) is 12.1 Å². The van der Waals surface area contributed by atoms with Gasteiger partial charge in [0.2, 0.25) is 0 Å². The second-order valence-corrected chi connectivity index (χ2v) is 6.68. The number of likely N-dealkylation sites (tertiary alicyclic amines) is 1. The first-order chi connectivity index (χ1) is 12.3. The SMILES string of the molecule is CN=C(NCCOc1cccc(C)c1)N1CCC(N2CCOCC2)C1. The number of rotatable bonds is 5. The number of aliphatic imine (C=N–C) groups is 1. The maximum absolute atomic E-state index is 5.80. The summed E-state index contributed by atoms with van der Waals surface area (Å²) in [5, 5.41) is 3.43. The highest BCUT2D eigenvalue weighted by molar-refractivity contribution is 5.80. The van der Waals surface area contributed by atoms with Crippen molar-refractivity contribution in [2.45, 2.75) is 19.4 Å². The molecule has 1 aromatic rings. The lowest BCUT2D eigenvalue weighted by Crippen LogP contribution is -2.47. The van der Waals surface area contributed by atoms with Crippen LogP contribution in [-0.4, -0.2) is 81.4 Å². The lowest BCUT2D eigenvalue weighted by molar-refractivity contribution is 0.0195. The van der Waals surface area contributed by atoms with E-state index in [0.29, 0.717) is 12.6 Å². The number of guanidine groups is 1. The van der Waals surface area contributed by atoms with E-state index in [-0.39, 0.29) is 0 Å². The smallest absolute Gasteiger partial charge is 0.193 e. The van der Waals surface area contributed by atoms with Gasteiger partial charge in [0.15, 0.2) is 5.96 Å². The van der Waals surface area contributed by atoms with Crippen molar-refractivity contribution in [3.63, 3.8) is 0 Å². The predicted molar refractivity (Wildman–Crippen MR) is 100 cm³/mol. The minimum atomic E-state index is 0.617. The van der Waals surface area contributed by atoms with Crippen LogP contribution in [0.25, 0.3) is 0 Å². The summed E-state index contributed by atoms with van der Waals surface area (Å²) in [5.41, 5.74) is 1.22. The van der Waals surface area contributed by atoms with Gasteiger partial charge in [-0.15, -0.1) is 0 Å². The van der Waals surface area contributed by atoms with Crippen LogP contribution in [-0.2, 0) is 4.74 Å². The zero-order valence-electron chi connectivity index (χ0n) is 15.4. The highest BCUT2D eigenvalue weighted by atomic mass is 16.5. The molecule has 1 aromatic carbocycles. The molecule has 2 fully saturated rings. The molecule has 0 amide bonds. The minimum absolute atomic E-state index is 0.617. The maximum Gasteiger partial charge on any atom is 0.193 e. The molecule has 0 bridgehead atoms. The van der Waals surface area contributed by atoms with Crippen molar-refractivity contribution in [2.75, 3.05) is 59.6 Å². The summed E-state index contributed by atoms with van der Waals surface area (Å²) in [6.07, 6.45) is 1.19. The first kappa shape index (κ1) is 18.0. The molecule has 0 spiro atoms. The summed E-state index contributed by atoms with van der Waals surface area (Å²) in [7, 11) is 1.85. The van der Waals surface area contributed by atoms with Crippen molar-refractivity contribution in [3.8, 4) is 5.75 Å². The van der Waals surface area contributed by atoms with Crippen LogP contribution in [0.1, 0.15) is 12.0 Å². The van der Waals surface area contributed by atoms with Gasteiger partial charge in [0.1, 0.15) is 12.4 Å². The van der Waals surface area contributed by atoms with Gasteiger partial charge < -0.3 is 19.7 Å². The van der Waals surface area contributed by atoms with E-state index in [4.69, 9.17) is 9.47 Å². The van der Waals surface area contributed by atoms with Crippen LogP contribution in [0.3, 0.4) is 0 Å². The number of aryl methyl sites for hydroxylation is 1. The molecule has 0 aliphatic carbocycles. The van der Waals surface area contributed by atoms with Crippen LogP contribution in [0.5, 0.6) is 5.75 Å². The van der Waals surface area contributed by atoms with Crippen LogP contribution < -0.4 is 10.1 Å². The Bertz CT molecular complexity index is 572. The van der Waals surface area contributed by atoms with E-state index >= 15 is 0 Å². The lowest BCUT2D eigenvalue weighted by atomic mass is 10.2. The van der Waals surface area contributed by atoms with Crippen LogP contribution in [0.4, 0.5) is 0 Å². The molecule has 2 saturated heterocycles. The minimum Gasteiger partial charge on any atom is -0.492 e. The van der Waals surface area contributed by atoms with Crippen LogP contribution >= 0.6 is 0 Å². The molecule has 3 rings (SSSR count). The fourth-order valence-corrected chi connectivity index (χ4v) is 3.54. The van der Waals surface area contributed by atoms with Gasteiger partial charge in [-0.2, -0.15) is 0 Å². The molecule has 138 valence electrons. The second-order valence-electron chi connectivity index (χ2n) is 6.68. The number of nitrogens with one attached hydrogen (secondary N) is 1. The van der Waals surface area contributed by atoms with Gasteiger partial charge >= 0.3 is 0 Å². The third-order valence-corrected chi connectivity index (χ3v) is 4.88. The Morgan fingerprint density at radius 3 is 2.92 bits per heavy atom. The highest BCUT2D eigenvalue weighted by Gasteiger charge is 2.30. The normalized spacial score (nSPS) is 22.2. The predicted octanol–water partition coefficient (Wildman–Crippen LogP) is 1.36. The van der Waals surface area contributed by atoms with Crippen molar-refractivity contribution >= 4 is 5.96 Å². The Hall–Kier alpha value is -1.79. The van der Waals surface area contributed by atoms with Crippen LogP contribution in [0, 0.1) is 6.92 Å². The van der Waals surface area contributed by atoms with Crippen molar-refractivity contribution in [1.29, 1.82) is 0 Å². The first-order valence-corrected chi connectivity index (χ1v) is 9.23. The Morgan fingerprint density at radius 2 is 2.16 bits per heavy atom. The molecule has 1 N–H and O–H groups in total. The second kappa shape index (κ2) is 9.06. The van der Waals surface area contributed by atoms with E-state index in [1.165, 1.54) is 12.0 Å². The Kier molecular flexibility index (Phi) is 6.53. The molecule has 6 nitrogen and oxygen atoms in total. The Balaban J connectivity index is 1.40. The third-order valence-electron chi connectivity index (χ3n) is 4.88. The zero-order chi connectivity index (χ0) is 17.5. The first-order valence-electron chi connectivity index (χ1n) is 9.23. The number of ether oxygens (including phenoxy) is 2. The molecule has 0 aromatic heterocycles. The molecule has 2 heterocycles. The largest absolute Gasteiger partial charge is 0.492 e. The van der Waals surface area contributed by atoms with E-state index < -0.39 is 0 Å². The molecular formula is C19H30N4O2. The van der Waals surface area contributed by atoms with Gasteiger partial charge in [-0.3, -0.25) is 9.89 Å². The summed E-state index contributed by atoms with van der Waals surface area (Å²) in [4.78, 5) is 9.35. The number of nitrogens with zero attached hydrogens (tertiary/aromatic N) is 3. The molecule has 0 radical (unpaired) electrons. The average Bonchev–Trinajstić information content (AvgIpc) is 3.12. The Morgan fingerprint density at radius 1 is 1.32 bits per heavy atom. The lowest BCUT2D eigenvalue weighted by Gasteiger charge is -2.32. The topological polar surface area (TPSA) is 49.3 Å². The molecule has 6 heteroatoms. The van der Waals surface area contributed by atoms with Crippen LogP contribution in [0.2, 0.25) is 0 Å². The molecule has 2 aliphatic heterocycles. The molecule has 0 saturated carbocycles. The maximum atomic E-state index is 5.80. The van der Waals surface area contributed by atoms with Crippen molar-refractivity contribution in [3.05, 3.63) is 29.8 Å². The van der Waals surface area contributed by atoms with E-state index in [2.05, 4.69) is 39.2 Å². The molecule has 25 heavy (non-hydrogen) atoms. The van der Waals surface area contributed by atoms with Crippen LogP contribution in [0.15, 0.2) is 29.3 Å². The molecule has 1 unspecified atom stereocenters. The van der Waals surface area contributed by atoms with Crippen molar-refractivity contribution in [1.82, 2.24) is 15.1 Å². The van der Waals surface area contributed by atoms with E-state index in [1.807, 2.05) is 19.2 Å². The highest BCUT2D eigenvalue weighted by Crippen LogP contribution is 2.17. The van der Waals surface area contributed by atoms with E-state index in [0.717, 1.165) is 57.6 Å². The van der Waals surface area contributed by atoms with Gasteiger partial charge in [-0.25, -0.2) is 0 Å². The summed E-state index contributed by atoms with van der Waals surface area (Å²) in [6.45, 7) is 9.37. The number of morpholine rings is 1. The van der Waals surface area contributed by atoms with Gasteiger partial charge in [0.25, 0.3) is 0 Å². The number of hydrogen-bond acceptors (Lipinski definition) is 4. The quantitative estimate of drug-likeness (QED) is 0.496. The molecule has 2 aliphatic rings. The number of hydrogen-bond donors (Lipinski definition) is 1. The fraction of sp³-hybridized carbons (Fsp3) is 0.632. The summed E-state index contributed by atoms with van der Waals surface area (Å²) < 4.78 is 11.3. The monoisotopic (exact) mass is 346 g/mol.